The molecule has 4 heteroatoms. The van der Waals surface area contributed by atoms with Gasteiger partial charge in [0.05, 0.1) is 0 Å². The molecule has 4 nitrogen and oxygen atoms in total. The number of anilines is 1. The summed E-state index contributed by atoms with van der Waals surface area (Å²) in [5.41, 5.74) is 1.12. The molecule has 1 aliphatic rings. The predicted octanol–water partition coefficient (Wildman–Crippen LogP) is 1.97. The summed E-state index contributed by atoms with van der Waals surface area (Å²) in [5.74, 6) is 0.0138. The maximum absolute atomic E-state index is 11.7. The Labute approximate surface area is 110 Å². The smallest absolute Gasteiger partial charge is 0.259 e. The van der Waals surface area contributed by atoms with E-state index in [1.54, 1.807) is 6.07 Å². The highest BCUT2D eigenvalue weighted by Gasteiger charge is 2.27. The fraction of sp³-hybridized carbons (Fsp3) is 0.0667. The number of aromatic nitrogens is 1. The number of hydrogen-bond acceptors (Lipinski definition) is 2. The predicted molar refractivity (Wildman–Crippen MR) is 71.6 cm³/mol. The van der Waals surface area contributed by atoms with Crippen molar-refractivity contribution in [2.45, 2.75) is 6.54 Å². The summed E-state index contributed by atoms with van der Waals surface area (Å²) in [6, 6.07) is 13.5. The molecule has 2 heterocycles. The number of amides is 2. The van der Waals surface area contributed by atoms with Gasteiger partial charge in [0, 0.05) is 24.9 Å². The standard InChI is InChI=1S/C15H12N2O2/c18-14-8-9-15(19)17(14)13-7-4-10-16(13)11-12-5-2-1-3-6-12/h1-10H,11H2. The fourth-order valence-electron chi connectivity index (χ4n) is 2.15. The molecule has 0 unspecified atom stereocenters. The molecule has 0 radical (unpaired) electrons. The molecule has 0 N–H and O–H groups in total. The number of imide groups is 1. The molecule has 0 bridgehead atoms. The largest absolute Gasteiger partial charge is 0.330 e. The van der Waals surface area contributed by atoms with E-state index in [-0.39, 0.29) is 11.8 Å². The molecule has 19 heavy (non-hydrogen) atoms. The molecular formula is C15H12N2O2. The van der Waals surface area contributed by atoms with Gasteiger partial charge in [-0.15, -0.1) is 0 Å². The number of rotatable bonds is 3. The fourth-order valence-corrected chi connectivity index (χ4v) is 2.15. The third-order valence-corrected chi connectivity index (χ3v) is 3.04. The Balaban J connectivity index is 1.91. The van der Waals surface area contributed by atoms with Gasteiger partial charge in [0.15, 0.2) is 0 Å². The van der Waals surface area contributed by atoms with E-state index in [1.165, 1.54) is 17.1 Å². The van der Waals surface area contributed by atoms with Crippen LogP contribution >= 0.6 is 0 Å². The van der Waals surface area contributed by atoms with Crippen LogP contribution in [0, 0.1) is 0 Å². The molecule has 2 aromatic rings. The van der Waals surface area contributed by atoms with E-state index in [0.717, 1.165) is 5.56 Å². The quantitative estimate of drug-likeness (QED) is 0.784. The van der Waals surface area contributed by atoms with E-state index in [2.05, 4.69) is 0 Å². The first-order chi connectivity index (χ1) is 9.25. The van der Waals surface area contributed by atoms with E-state index < -0.39 is 0 Å². The zero-order chi connectivity index (χ0) is 13.2. The van der Waals surface area contributed by atoms with Crippen LogP contribution in [0.1, 0.15) is 5.56 Å². The summed E-state index contributed by atoms with van der Waals surface area (Å²) in [4.78, 5) is 24.6. The lowest BCUT2D eigenvalue weighted by molar-refractivity contribution is -0.120. The molecule has 0 saturated carbocycles. The summed E-state index contributed by atoms with van der Waals surface area (Å²) in [5, 5.41) is 0. The lowest BCUT2D eigenvalue weighted by Gasteiger charge is -2.17. The van der Waals surface area contributed by atoms with Gasteiger partial charge in [0.1, 0.15) is 5.82 Å². The third-order valence-electron chi connectivity index (χ3n) is 3.04. The van der Waals surface area contributed by atoms with Gasteiger partial charge in [-0.05, 0) is 17.7 Å². The molecule has 0 aliphatic carbocycles. The zero-order valence-corrected chi connectivity index (χ0v) is 10.2. The van der Waals surface area contributed by atoms with Gasteiger partial charge in [0.25, 0.3) is 11.8 Å². The maximum Gasteiger partial charge on any atom is 0.259 e. The summed E-state index contributed by atoms with van der Waals surface area (Å²) >= 11 is 0. The van der Waals surface area contributed by atoms with Crippen LogP contribution in [0.2, 0.25) is 0 Å². The van der Waals surface area contributed by atoms with Crippen molar-refractivity contribution in [2.75, 3.05) is 4.90 Å². The van der Waals surface area contributed by atoms with E-state index in [0.29, 0.717) is 12.4 Å². The van der Waals surface area contributed by atoms with Crippen molar-refractivity contribution in [3.8, 4) is 0 Å². The molecule has 0 fully saturated rings. The average molecular weight is 252 g/mol. The molecule has 1 aromatic carbocycles. The highest BCUT2D eigenvalue weighted by Crippen LogP contribution is 2.21. The van der Waals surface area contributed by atoms with Crippen LogP contribution < -0.4 is 4.90 Å². The van der Waals surface area contributed by atoms with Gasteiger partial charge in [-0.25, -0.2) is 4.90 Å². The van der Waals surface area contributed by atoms with Crippen molar-refractivity contribution in [3.63, 3.8) is 0 Å². The second-order valence-corrected chi connectivity index (χ2v) is 4.33. The molecule has 0 saturated heterocycles. The summed E-state index contributed by atoms with van der Waals surface area (Å²) in [6.07, 6.45) is 4.45. The van der Waals surface area contributed by atoms with Crippen LogP contribution in [0.4, 0.5) is 5.82 Å². The van der Waals surface area contributed by atoms with Gasteiger partial charge in [-0.1, -0.05) is 30.3 Å². The van der Waals surface area contributed by atoms with E-state index in [4.69, 9.17) is 0 Å². The summed E-state index contributed by atoms with van der Waals surface area (Å²) in [6.45, 7) is 0.625. The Bertz CT molecular complexity index is 638. The number of carbonyl (C=O) groups is 2. The maximum atomic E-state index is 11.7. The Morgan fingerprint density at radius 3 is 2.21 bits per heavy atom. The monoisotopic (exact) mass is 252 g/mol. The van der Waals surface area contributed by atoms with Crippen molar-refractivity contribution in [2.24, 2.45) is 0 Å². The van der Waals surface area contributed by atoms with Gasteiger partial charge >= 0.3 is 0 Å². The van der Waals surface area contributed by atoms with Crippen LogP contribution in [0.5, 0.6) is 0 Å². The van der Waals surface area contributed by atoms with Crippen LogP contribution in [-0.2, 0) is 16.1 Å². The minimum atomic E-state index is -0.294. The number of benzene rings is 1. The minimum absolute atomic E-state index is 0.294. The van der Waals surface area contributed by atoms with Crippen LogP contribution in [0.25, 0.3) is 0 Å². The Morgan fingerprint density at radius 2 is 1.53 bits per heavy atom. The van der Waals surface area contributed by atoms with Gasteiger partial charge in [0.2, 0.25) is 0 Å². The zero-order valence-electron chi connectivity index (χ0n) is 10.2. The lowest BCUT2D eigenvalue weighted by atomic mass is 10.2. The molecular weight excluding hydrogens is 240 g/mol. The molecule has 3 rings (SSSR count). The van der Waals surface area contributed by atoms with E-state index in [1.807, 2.05) is 47.2 Å². The normalized spacial score (nSPS) is 14.4. The molecule has 0 atom stereocenters. The molecule has 1 aromatic heterocycles. The number of hydrogen-bond donors (Lipinski definition) is 0. The van der Waals surface area contributed by atoms with E-state index in [9.17, 15) is 9.59 Å². The van der Waals surface area contributed by atoms with Crippen LogP contribution in [0.3, 0.4) is 0 Å². The van der Waals surface area contributed by atoms with Crippen LogP contribution in [0.15, 0.2) is 60.8 Å². The highest BCUT2D eigenvalue weighted by atomic mass is 16.2. The van der Waals surface area contributed by atoms with Crippen LogP contribution in [-0.4, -0.2) is 16.4 Å². The van der Waals surface area contributed by atoms with Crippen molar-refractivity contribution in [1.29, 1.82) is 0 Å². The van der Waals surface area contributed by atoms with Gasteiger partial charge in [-0.3, -0.25) is 9.59 Å². The average Bonchev–Trinajstić information content (AvgIpc) is 2.98. The minimum Gasteiger partial charge on any atom is -0.330 e. The second kappa shape index (κ2) is 4.57. The molecule has 2 amide bonds. The number of nitrogens with zero attached hydrogens (tertiary/aromatic N) is 2. The van der Waals surface area contributed by atoms with E-state index >= 15 is 0 Å². The Kier molecular flexibility index (Phi) is 2.76. The SMILES string of the molecule is O=C1C=CC(=O)N1c1cccn1Cc1ccccc1. The first-order valence-corrected chi connectivity index (χ1v) is 6.01. The first kappa shape index (κ1) is 11.5. The second-order valence-electron chi connectivity index (χ2n) is 4.33. The number of carbonyl (C=O) groups excluding carboxylic acids is 2. The Hall–Kier alpha value is -2.62. The lowest BCUT2D eigenvalue weighted by Crippen LogP contribution is -2.31. The third kappa shape index (κ3) is 2.08. The first-order valence-electron chi connectivity index (χ1n) is 6.01. The van der Waals surface area contributed by atoms with Crippen molar-refractivity contribution in [3.05, 3.63) is 66.4 Å². The summed E-state index contributed by atoms with van der Waals surface area (Å²) < 4.78 is 1.89. The Morgan fingerprint density at radius 1 is 0.842 bits per heavy atom. The topological polar surface area (TPSA) is 42.3 Å². The molecule has 0 spiro atoms. The van der Waals surface area contributed by atoms with Crippen molar-refractivity contribution in [1.82, 2.24) is 4.57 Å². The molecule has 94 valence electrons. The van der Waals surface area contributed by atoms with Crippen molar-refractivity contribution >= 4 is 17.6 Å². The molecule has 1 aliphatic heterocycles. The van der Waals surface area contributed by atoms with Gasteiger partial charge < -0.3 is 4.57 Å². The van der Waals surface area contributed by atoms with Gasteiger partial charge in [-0.2, -0.15) is 0 Å². The summed E-state index contributed by atoms with van der Waals surface area (Å²) in [7, 11) is 0. The van der Waals surface area contributed by atoms with Crippen molar-refractivity contribution < 1.29 is 9.59 Å². The highest BCUT2D eigenvalue weighted by molar-refractivity contribution is 6.27.